The zero-order chi connectivity index (χ0) is 15.4. The summed E-state index contributed by atoms with van der Waals surface area (Å²) in [6.45, 7) is 1.97. The van der Waals surface area contributed by atoms with E-state index in [-0.39, 0.29) is 11.4 Å². The number of carbonyl (C=O) groups excluding carboxylic acids is 1. The fraction of sp³-hybridized carbons (Fsp3) is 0.214. The molecule has 2 rings (SSSR count). The number of hydrogen-bond donors (Lipinski definition) is 1. The van der Waals surface area contributed by atoms with Crippen LogP contribution in [0.5, 0.6) is 0 Å². The molecule has 0 aliphatic rings. The molecule has 0 saturated heterocycles. The highest BCUT2D eigenvalue weighted by atomic mass is 16.6. The molecular formula is C14H14N2O5. The highest BCUT2D eigenvalue weighted by molar-refractivity contribution is 5.87. The topological polar surface area (TPSA) is 94.6 Å². The van der Waals surface area contributed by atoms with Crippen LogP contribution in [0.3, 0.4) is 0 Å². The van der Waals surface area contributed by atoms with Gasteiger partial charge in [0.25, 0.3) is 5.69 Å². The first-order chi connectivity index (χ1) is 10.0. The Labute approximate surface area is 120 Å². The summed E-state index contributed by atoms with van der Waals surface area (Å²) >= 11 is 0. The lowest BCUT2D eigenvalue weighted by Crippen LogP contribution is -2.07. The van der Waals surface area contributed by atoms with Crippen molar-refractivity contribution in [1.82, 2.24) is 0 Å². The number of rotatable bonds is 5. The smallest absolute Gasteiger partial charge is 0.374 e. The van der Waals surface area contributed by atoms with Crippen LogP contribution >= 0.6 is 0 Å². The lowest BCUT2D eigenvalue weighted by molar-refractivity contribution is -0.385. The van der Waals surface area contributed by atoms with Crippen LogP contribution in [0.1, 0.15) is 21.7 Å². The minimum atomic E-state index is -0.563. The van der Waals surface area contributed by atoms with E-state index in [1.165, 1.54) is 19.4 Å². The average Bonchev–Trinajstić information content (AvgIpc) is 2.93. The van der Waals surface area contributed by atoms with Crippen LogP contribution in [-0.4, -0.2) is 18.0 Å². The van der Waals surface area contributed by atoms with E-state index in [0.29, 0.717) is 23.4 Å². The zero-order valence-corrected chi connectivity index (χ0v) is 11.6. The predicted octanol–water partition coefficient (Wildman–Crippen LogP) is 2.89. The van der Waals surface area contributed by atoms with Crippen molar-refractivity contribution in [2.24, 2.45) is 0 Å². The summed E-state index contributed by atoms with van der Waals surface area (Å²) in [5, 5.41) is 13.9. The van der Waals surface area contributed by atoms with Crippen molar-refractivity contribution in [1.29, 1.82) is 0 Å². The fourth-order valence-electron chi connectivity index (χ4n) is 1.86. The van der Waals surface area contributed by atoms with Gasteiger partial charge in [-0.15, -0.1) is 0 Å². The normalized spacial score (nSPS) is 10.2. The summed E-state index contributed by atoms with van der Waals surface area (Å²) in [5.74, 6) is -0.446. The van der Waals surface area contributed by atoms with Crippen molar-refractivity contribution in [3.63, 3.8) is 0 Å². The number of benzene rings is 1. The van der Waals surface area contributed by atoms with Gasteiger partial charge in [-0.3, -0.25) is 10.1 Å². The summed E-state index contributed by atoms with van der Waals surface area (Å²) in [6, 6.07) is 6.49. The van der Waals surface area contributed by atoms with Gasteiger partial charge in [0.05, 0.1) is 18.3 Å². The van der Waals surface area contributed by atoms with E-state index in [1.54, 1.807) is 25.1 Å². The number of furan rings is 1. The van der Waals surface area contributed by atoms with Gasteiger partial charge < -0.3 is 14.5 Å². The molecule has 0 radical (unpaired) electrons. The first kappa shape index (κ1) is 14.6. The van der Waals surface area contributed by atoms with Crippen molar-refractivity contribution < 1.29 is 18.9 Å². The molecule has 0 saturated carbocycles. The summed E-state index contributed by atoms with van der Waals surface area (Å²) in [4.78, 5) is 21.9. The van der Waals surface area contributed by atoms with Crippen LogP contribution in [0, 0.1) is 17.0 Å². The van der Waals surface area contributed by atoms with Gasteiger partial charge in [-0.1, -0.05) is 6.07 Å². The second-order valence-electron chi connectivity index (χ2n) is 4.38. The quantitative estimate of drug-likeness (QED) is 0.517. The Bertz CT molecular complexity index is 678. The number of nitrogens with one attached hydrogen (secondary N) is 1. The van der Waals surface area contributed by atoms with Gasteiger partial charge in [0.1, 0.15) is 0 Å². The SMILES string of the molecule is COC(=O)c1occc1CNc1ccc(C)c([N+](=O)[O-])c1. The number of nitrogens with zero attached hydrogens (tertiary/aromatic N) is 1. The minimum Gasteiger partial charge on any atom is -0.463 e. The van der Waals surface area contributed by atoms with E-state index in [9.17, 15) is 14.9 Å². The molecule has 1 heterocycles. The van der Waals surface area contributed by atoms with Crippen molar-refractivity contribution in [2.45, 2.75) is 13.5 Å². The monoisotopic (exact) mass is 290 g/mol. The van der Waals surface area contributed by atoms with Crippen molar-refractivity contribution in [3.05, 3.63) is 57.5 Å². The highest BCUT2D eigenvalue weighted by Crippen LogP contribution is 2.23. The molecule has 0 bridgehead atoms. The Kier molecular flexibility index (Phi) is 4.22. The minimum absolute atomic E-state index is 0.0420. The van der Waals surface area contributed by atoms with E-state index < -0.39 is 10.9 Å². The lowest BCUT2D eigenvalue weighted by atomic mass is 10.1. The lowest BCUT2D eigenvalue weighted by Gasteiger charge is -2.07. The molecule has 0 amide bonds. The van der Waals surface area contributed by atoms with Crippen molar-refractivity contribution in [3.8, 4) is 0 Å². The fourth-order valence-corrected chi connectivity index (χ4v) is 1.86. The molecule has 0 spiro atoms. The third-order valence-corrected chi connectivity index (χ3v) is 3.01. The number of nitro benzene ring substituents is 1. The molecule has 0 atom stereocenters. The third-order valence-electron chi connectivity index (χ3n) is 3.01. The maximum absolute atomic E-state index is 11.5. The molecule has 1 aromatic carbocycles. The Morgan fingerprint density at radius 3 is 2.86 bits per heavy atom. The summed E-state index contributed by atoms with van der Waals surface area (Å²) < 4.78 is 9.67. The standard InChI is InChI=1S/C14H14N2O5/c1-9-3-4-11(7-12(9)16(18)19)15-8-10-5-6-21-13(10)14(17)20-2/h3-7,15H,8H2,1-2H3. The third kappa shape index (κ3) is 3.19. The zero-order valence-electron chi connectivity index (χ0n) is 11.6. The second-order valence-corrected chi connectivity index (χ2v) is 4.38. The van der Waals surface area contributed by atoms with Crippen molar-refractivity contribution in [2.75, 3.05) is 12.4 Å². The molecular weight excluding hydrogens is 276 g/mol. The molecule has 110 valence electrons. The molecule has 0 fully saturated rings. The predicted molar refractivity (Wildman–Crippen MR) is 75.2 cm³/mol. The van der Waals surface area contributed by atoms with Gasteiger partial charge in [0.2, 0.25) is 5.76 Å². The van der Waals surface area contributed by atoms with E-state index >= 15 is 0 Å². The van der Waals surface area contributed by atoms with Crippen LogP contribution in [0.25, 0.3) is 0 Å². The van der Waals surface area contributed by atoms with Gasteiger partial charge >= 0.3 is 5.97 Å². The van der Waals surface area contributed by atoms with E-state index in [4.69, 9.17) is 4.42 Å². The Morgan fingerprint density at radius 2 is 2.19 bits per heavy atom. The van der Waals surface area contributed by atoms with Crippen LogP contribution in [-0.2, 0) is 11.3 Å². The summed E-state index contributed by atoms with van der Waals surface area (Å²) in [6.07, 6.45) is 1.39. The molecule has 21 heavy (non-hydrogen) atoms. The molecule has 1 aromatic heterocycles. The average molecular weight is 290 g/mol. The number of anilines is 1. The number of ether oxygens (including phenoxy) is 1. The maximum Gasteiger partial charge on any atom is 0.374 e. The Hall–Kier alpha value is -2.83. The number of hydrogen-bond acceptors (Lipinski definition) is 6. The van der Waals surface area contributed by atoms with Crippen LogP contribution < -0.4 is 5.32 Å². The molecule has 0 aliphatic carbocycles. The second kappa shape index (κ2) is 6.08. The molecule has 2 aromatic rings. The number of carbonyl (C=O) groups is 1. The highest BCUT2D eigenvalue weighted by Gasteiger charge is 2.16. The molecule has 1 N–H and O–H groups in total. The van der Waals surface area contributed by atoms with Crippen LogP contribution in [0.4, 0.5) is 11.4 Å². The molecule has 7 heteroatoms. The van der Waals surface area contributed by atoms with Crippen LogP contribution in [0.15, 0.2) is 34.9 Å². The number of methoxy groups -OCH3 is 1. The first-order valence-electron chi connectivity index (χ1n) is 6.16. The number of nitro groups is 1. The first-order valence-corrected chi connectivity index (χ1v) is 6.16. The maximum atomic E-state index is 11.5. The molecule has 0 aliphatic heterocycles. The molecule has 7 nitrogen and oxygen atoms in total. The largest absolute Gasteiger partial charge is 0.463 e. The number of esters is 1. The van der Waals surface area contributed by atoms with E-state index in [1.807, 2.05) is 0 Å². The van der Waals surface area contributed by atoms with Crippen LogP contribution in [0.2, 0.25) is 0 Å². The van der Waals surface area contributed by atoms with Gasteiger partial charge in [-0.2, -0.15) is 0 Å². The summed E-state index contributed by atoms with van der Waals surface area (Å²) in [5.41, 5.74) is 1.83. The van der Waals surface area contributed by atoms with Crippen molar-refractivity contribution >= 4 is 17.3 Å². The number of aryl methyl sites for hydroxylation is 1. The Morgan fingerprint density at radius 1 is 1.43 bits per heavy atom. The Balaban J connectivity index is 2.14. The summed E-state index contributed by atoms with van der Waals surface area (Å²) in [7, 11) is 1.27. The van der Waals surface area contributed by atoms with Gasteiger partial charge in [-0.05, 0) is 19.1 Å². The molecule has 0 unspecified atom stereocenters. The van der Waals surface area contributed by atoms with Gasteiger partial charge in [0, 0.05) is 29.4 Å². The van der Waals surface area contributed by atoms with E-state index in [2.05, 4.69) is 10.1 Å². The van der Waals surface area contributed by atoms with E-state index in [0.717, 1.165) is 0 Å². The van der Waals surface area contributed by atoms with Gasteiger partial charge in [0.15, 0.2) is 0 Å². The van der Waals surface area contributed by atoms with Gasteiger partial charge in [-0.25, -0.2) is 4.79 Å².